The lowest BCUT2D eigenvalue weighted by Gasteiger charge is -2.14. The van der Waals surface area contributed by atoms with Crippen molar-refractivity contribution in [2.45, 2.75) is 13.0 Å². The molecule has 0 aliphatic carbocycles. The van der Waals surface area contributed by atoms with Gasteiger partial charge in [0.2, 0.25) is 0 Å². The third-order valence-electron chi connectivity index (χ3n) is 2.49. The Hall–Kier alpha value is -2.15. The topological polar surface area (TPSA) is 90.6 Å². The zero-order valence-electron chi connectivity index (χ0n) is 11.3. The van der Waals surface area contributed by atoms with Crippen molar-refractivity contribution in [3.8, 4) is 0 Å². The van der Waals surface area contributed by atoms with Gasteiger partial charge in [-0.3, -0.25) is 4.79 Å². The lowest BCUT2D eigenvalue weighted by Crippen LogP contribution is -2.37. The summed E-state index contributed by atoms with van der Waals surface area (Å²) in [6.07, 6.45) is -1.01. The molecule has 0 saturated carbocycles. The van der Waals surface area contributed by atoms with Crippen LogP contribution in [0.25, 0.3) is 0 Å². The molecule has 0 spiro atoms. The Morgan fingerprint density at radius 3 is 2.80 bits per heavy atom. The van der Waals surface area contributed by atoms with Crippen LogP contribution in [-0.2, 0) is 14.3 Å². The lowest BCUT2D eigenvalue weighted by molar-refractivity contribution is -0.129. The second-order valence-corrected chi connectivity index (χ2v) is 4.06. The van der Waals surface area contributed by atoms with Gasteiger partial charge >= 0.3 is 5.97 Å². The quantitative estimate of drug-likeness (QED) is 0.456. The van der Waals surface area contributed by atoms with E-state index >= 15 is 0 Å². The van der Waals surface area contributed by atoms with Gasteiger partial charge < -0.3 is 20.5 Å². The highest BCUT2D eigenvalue weighted by Gasteiger charge is 2.20. The first kappa shape index (κ1) is 15.9. The van der Waals surface area contributed by atoms with Crippen LogP contribution in [-0.4, -0.2) is 38.2 Å². The summed E-state index contributed by atoms with van der Waals surface area (Å²) in [5.74, 6) is -1.93. The molecule has 0 fully saturated rings. The van der Waals surface area contributed by atoms with Gasteiger partial charge in [-0.2, -0.15) is 0 Å². The minimum atomic E-state index is -1.01. The molecule has 0 bridgehead atoms. The summed E-state index contributed by atoms with van der Waals surface area (Å²) in [7, 11) is 1.50. The van der Waals surface area contributed by atoms with E-state index in [2.05, 4.69) is 5.32 Å². The van der Waals surface area contributed by atoms with Crippen molar-refractivity contribution in [3.05, 3.63) is 29.6 Å². The number of methoxy groups -OCH3 is 1. The Labute approximate surface area is 116 Å². The fourth-order valence-electron chi connectivity index (χ4n) is 1.40. The average molecular weight is 284 g/mol. The fourth-order valence-corrected chi connectivity index (χ4v) is 1.40. The van der Waals surface area contributed by atoms with E-state index in [0.717, 1.165) is 12.1 Å². The molecule has 0 aromatic heterocycles. The predicted molar refractivity (Wildman–Crippen MR) is 70.6 cm³/mol. The molecule has 1 atom stereocenters. The number of amides is 1. The van der Waals surface area contributed by atoms with Crippen molar-refractivity contribution in [3.63, 3.8) is 0 Å². The molecule has 0 aliphatic heterocycles. The van der Waals surface area contributed by atoms with Gasteiger partial charge in [0.1, 0.15) is 5.82 Å². The SMILES string of the molecule is COCCNC(=O)C(C)OC(=O)c1cc(F)ccc1N. The van der Waals surface area contributed by atoms with Gasteiger partial charge in [-0.15, -0.1) is 0 Å². The minimum Gasteiger partial charge on any atom is -0.449 e. The zero-order chi connectivity index (χ0) is 15.1. The van der Waals surface area contributed by atoms with Gasteiger partial charge in [-0.05, 0) is 25.1 Å². The Kier molecular flexibility index (Phi) is 5.92. The number of hydrogen-bond acceptors (Lipinski definition) is 5. The molecule has 1 aromatic carbocycles. The van der Waals surface area contributed by atoms with E-state index in [0.29, 0.717) is 13.2 Å². The van der Waals surface area contributed by atoms with E-state index in [-0.39, 0.29) is 11.3 Å². The second-order valence-electron chi connectivity index (χ2n) is 4.06. The Morgan fingerprint density at radius 1 is 1.45 bits per heavy atom. The van der Waals surface area contributed by atoms with Crippen molar-refractivity contribution in [1.29, 1.82) is 0 Å². The molecule has 0 saturated heterocycles. The van der Waals surface area contributed by atoms with Crippen LogP contribution in [0.15, 0.2) is 18.2 Å². The molecule has 20 heavy (non-hydrogen) atoms. The van der Waals surface area contributed by atoms with E-state index in [1.54, 1.807) is 0 Å². The predicted octanol–water partition coefficient (Wildman–Crippen LogP) is 0.716. The van der Waals surface area contributed by atoms with Crippen molar-refractivity contribution in [1.82, 2.24) is 5.32 Å². The molecule has 0 aliphatic rings. The van der Waals surface area contributed by atoms with E-state index in [1.807, 2.05) is 0 Å². The van der Waals surface area contributed by atoms with Crippen LogP contribution in [0.4, 0.5) is 10.1 Å². The van der Waals surface area contributed by atoms with Crippen LogP contribution in [0.1, 0.15) is 17.3 Å². The summed E-state index contributed by atoms with van der Waals surface area (Å²) in [4.78, 5) is 23.4. The maximum absolute atomic E-state index is 13.1. The molecule has 7 heteroatoms. The molecule has 0 radical (unpaired) electrons. The third kappa shape index (κ3) is 4.51. The maximum Gasteiger partial charge on any atom is 0.341 e. The van der Waals surface area contributed by atoms with E-state index in [1.165, 1.54) is 20.1 Å². The molecule has 110 valence electrons. The fraction of sp³-hybridized carbons (Fsp3) is 0.385. The van der Waals surface area contributed by atoms with Crippen molar-refractivity contribution in [2.24, 2.45) is 0 Å². The largest absolute Gasteiger partial charge is 0.449 e. The number of benzene rings is 1. The molecule has 0 heterocycles. The number of nitrogen functional groups attached to an aromatic ring is 1. The van der Waals surface area contributed by atoms with E-state index in [9.17, 15) is 14.0 Å². The van der Waals surface area contributed by atoms with Crippen LogP contribution in [0.5, 0.6) is 0 Å². The Bertz CT molecular complexity index is 493. The summed E-state index contributed by atoms with van der Waals surface area (Å²) in [6, 6.07) is 3.36. The van der Waals surface area contributed by atoms with Crippen LogP contribution in [0.3, 0.4) is 0 Å². The van der Waals surface area contributed by atoms with Crippen molar-refractivity contribution >= 4 is 17.6 Å². The summed E-state index contributed by atoms with van der Waals surface area (Å²) in [5.41, 5.74) is 5.53. The van der Waals surface area contributed by atoms with Gasteiger partial charge in [-0.1, -0.05) is 0 Å². The number of nitrogens with one attached hydrogen (secondary N) is 1. The summed E-state index contributed by atoms with van der Waals surface area (Å²) < 4.78 is 22.7. The molecule has 6 nitrogen and oxygen atoms in total. The number of ether oxygens (including phenoxy) is 2. The van der Waals surface area contributed by atoms with Gasteiger partial charge in [-0.25, -0.2) is 9.18 Å². The maximum atomic E-state index is 13.1. The van der Waals surface area contributed by atoms with Crippen molar-refractivity contribution in [2.75, 3.05) is 26.0 Å². The Morgan fingerprint density at radius 2 is 2.15 bits per heavy atom. The molecule has 1 amide bonds. The molecule has 1 aromatic rings. The third-order valence-corrected chi connectivity index (χ3v) is 2.49. The van der Waals surface area contributed by atoms with E-state index in [4.69, 9.17) is 15.2 Å². The first-order valence-electron chi connectivity index (χ1n) is 5.98. The molecular weight excluding hydrogens is 267 g/mol. The number of hydrogen-bond donors (Lipinski definition) is 2. The van der Waals surface area contributed by atoms with Crippen LogP contribution in [0, 0.1) is 5.82 Å². The zero-order valence-corrected chi connectivity index (χ0v) is 11.3. The second kappa shape index (κ2) is 7.44. The highest BCUT2D eigenvalue weighted by molar-refractivity contribution is 5.96. The summed E-state index contributed by atoms with van der Waals surface area (Å²) >= 11 is 0. The molecule has 3 N–H and O–H groups in total. The lowest BCUT2D eigenvalue weighted by atomic mass is 10.2. The first-order chi connectivity index (χ1) is 9.45. The summed E-state index contributed by atoms with van der Waals surface area (Å²) in [5, 5.41) is 2.52. The minimum absolute atomic E-state index is 0.0865. The molecular formula is C13H17FN2O4. The van der Waals surface area contributed by atoms with Gasteiger partial charge in [0.25, 0.3) is 5.91 Å². The van der Waals surface area contributed by atoms with Gasteiger partial charge in [0.15, 0.2) is 6.10 Å². The van der Waals surface area contributed by atoms with Crippen molar-refractivity contribution < 1.29 is 23.5 Å². The van der Waals surface area contributed by atoms with Crippen LogP contribution >= 0.6 is 0 Å². The molecule has 1 unspecified atom stereocenters. The molecule has 1 rings (SSSR count). The standard InChI is InChI=1S/C13H17FN2O4/c1-8(12(17)16-5-6-19-2)20-13(18)10-7-9(14)3-4-11(10)15/h3-4,7-8H,5-6,15H2,1-2H3,(H,16,17). The number of carbonyl (C=O) groups is 2. The van der Waals surface area contributed by atoms with E-state index < -0.39 is 23.8 Å². The number of rotatable bonds is 6. The first-order valence-corrected chi connectivity index (χ1v) is 5.98. The monoisotopic (exact) mass is 284 g/mol. The normalized spacial score (nSPS) is 11.8. The number of carbonyl (C=O) groups excluding carboxylic acids is 2. The highest BCUT2D eigenvalue weighted by atomic mass is 19.1. The number of halogens is 1. The smallest absolute Gasteiger partial charge is 0.341 e. The average Bonchev–Trinajstić information content (AvgIpc) is 2.41. The number of anilines is 1. The van der Waals surface area contributed by atoms with Gasteiger partial charge in [0, 0.05) is 19.3 Å². The number of esters is 1. The number of nitrogens with two attached hydrogens (primary N) is 1. The van der Waals surface area contributed by atoms with Crippen LogP contribution in [0.2, 0.25) is 0 Å². The highest BCUT2D eigenvalue weighted by Crippen LogP contribution is 2.15. The van der Waals surface area contributed by atoms with Gasteiger partial charge in [0.05, 0.1) is 12.2 Å². The Balaban J connectivity index is 2.61. The summed E-state index contributed by atoms with van der Waals surface area (Å²) in [6.45, 7) is 2.07. The van der Waals surface area contributed by atoms with Crippen LogP contribution < -0.4 is 11.1 Å².